The number of hydrogen-bond acceptors (Lipinski definition) is 13. The van der Waals surface area contributed by atoms with Crippen LogP contribution in [0.1, 0.15) is 45.7 Å². The highest BCUT2D eigenvalue weighted by Crippen LogP contribution is 2.26. The van der Waals surface area contributed by atoms with Gasteiger partial charge in [-0.25, -0.2) is 53.1 Å². The van der Waals surface area contributed by atoms with E-state index in [-0.39, 0.29) is 26.0 Å². The maximum atomic E-state index is 13.0. The molecule has 0 fully saturated rings. The van der Waals surface area contributed by atoms with Crippen LogP contribution in [-0.4, -0.2) is 65.6 Å². The Morgan fingerprint density at radius 3 is 1.27 bits per heavy atom. The lowest BCUT2D eigenvalue weighted by Gasteiger charge is -2.12. The molecule has 0 amide bonds. The molecule has 8 rings (SSSR count). The van der Waals surface area contributed by atoms with Gasteiger partial charge in [-0.2, -0.15) is 0 Å². The summed E-state index contributed by atoms with van der Waals surface area (Å²) in [4.78, 5) is 19.4. The first-order chi connectivity index (χ1) is 28.5. The Morgan fingerprint density at radius 1 is 0.533 bits per heavy atom. The van der Waals surface area contributed by atoms with Crippen LogP contribution in [0.4, 0.5) is 0 Å². The predicted octanol–water partition coefficient (Wildman–Crippen LogP) is 6.18. The van der Waals surface area contributed by atoms with E-state index < -0.39 is 42.0 Å². The van der Waals surface area contributed by atoms with Crippen LogP contribution in [0.2, 0.25) is 0 Å². The molecule has 0 saturated heterocycles. The van der Waals surface area contributed by atoms with Crippen LogP contribution in [0, 0.1) is 13.8 Å². The number of sulfone groups is 1. The lowest BCUT2D eigenvalue weighted by Crippen LogP contribution is -2.15. The first-order valence-electron chi connectivity index (χ1n) is 18.2. The molecule has 2 atom stereocenters. The van der Waals surface area contributed by atoms with E-state index in [1.807, 2.05) is 44.4 Å². The van der Waals surface area contributed by atoms with E-state index in [9.17, 15) is 25.3 Å². The zero-order chi connectivity index (χ0) is 43.0. The Morgan fingerprint density at radius 2 is 0.900 bits per heavy atom. The summed E-state index contributed by atoms with van der Waals surface area (Å²) in [6.45, 7) is 3.79. The number of rotatable bonds is 10. The Balaban J connectivity index is 0.000000182. The molecular weight excluding hydrogens is 841 g/mol. The Kier molecular flexibility index (Phi) is 11.8. The van der Waals surface area contributed by atoms with Crippen molar-refractivity contribution in [1.29, 1.82) is 0 Å². The van der Waals surface area contributed by atoms with E-state index in [1.54, 1.807) is 84.6 Å². The summed E-state index contributed by atoms with van der Waals surface area (Å²) < 4.78 is 77.5. The van der Waals surface area contributed by atoms with Gasteiger partial charge in [0.25, 0.3) is 20.0 Å². The van der Waals surface area contributed by atoms with Gasteiger partial charge >= 0.3 is 0 Å². The van der Waals surface area contributed by atoms with Crippen LogP contribution < -0.4 is 11.5 Å². The third-order valence-electron chi connectivity index (χ3n) is 9.68. The number of hydrogen-bond donors (Lipinski definition) is 2. The molecule has 308 valence electrons. The highest BCUT2D eigenvalue weighted by Gasteiger charge is 2.23. The second kappa shape index (κ2) is 16.7. The van der Waals surface area contributed by atoms with E-state index >= 15 is 0 Å². The maximum absolute atomic E-state index is 13.0. The predicted molar refractivity (Wildman–Crippen MR) is 232 cm³/mol. The molecule has 4 heterocycles. The number of benzene rings is 4. The van der Waals surface area contributed by atoms with Crippen LogP contribution in [0.15, 0.2) is 154 Å². The van der Waals surface area contributed by atoms with Gasteiger partial charge in [-0.15, -0.1) is 11.8 Å². The van der Waals surface area contributed by atoms with E-state index in [1.165, 1.54) is 36.9 Å². The molecule has 0 aliphatic carbocycles. The average Bonchev–Trinajstić information content (AvgIpc) is 3.89. The number of thioether (sulfide) groups is 1. The van der Waals surface area contributed by atoms with E-state index in [0.29, 0.717) is 28.0 Å². The summed E-state index contributed by atoms with van der Waals surface area (Å²) in [5.41, 5.74) is 18.5. The fraction of sp³-hybridized carbons (Fsp3) is 0.143. The zero-order valence-corrected chi connectivity index (χ0v) is 36.0. The Hall–Kier alpha value is -5.76. The van der Waals surface area contributed by atoms with Crippen LogP contribution >= 0.6 is 11.8 Å². The number of fused-ring (bicyclic) bond motifs is 2. The van der Waals surface area contributed by atoms with Crippen molar-refractivity contribution in [3.63, 3.8) is 0 Å². The molecule has 4 aromatic carbocycles. The third-order valence-corrected chi connectivity index (χ3v) is 14.9. The molecule has 4 N–H and O–H groups in total. The number of nitrogens with zero attached hydrogens (tertiary/aromatic N) is 6. The summed E-state index contributed by atoms with van der Waals surface area (Å²) in [6.07, 6.45) is 9.01. The fourth-order valence-corrected chi connectivity index (χ4v) is 9.85. The van der Waals surface area contributed by atoms with Gasteiger partial charge in [0.15, 0.2) is 21.1 Å². The van der Waals surface area contributed by atoms with Crippen LogP contribution in [0.5, 0.6) is 0 Å². The lowest BCUT2D eigenvalue weighted by molar-refractivity contribution is 0.587. The van der Waals surface area contributed by atoms with E-state index in [2.05, 4.69) is 19.9 Å². The molecule has 14 nitrogen and oxygen atoms in total. The van der Waals surface area contributed by atoms with Gasteiger partial charge in [0.1, 0.15) is 11.0 Å². The average molecular weight is 881 g/mol. The first-order valence-corrected chi connectivity index (χ1v) is 24.2. The van der Waals surface area contributed by atoms with Gasteiger partial charge in [0.2, 0.25) is 0 Å². The molecule has 0 saturated carbocycles. The minimum Gasteiger partial charge on any atom is -0.319 e. The van der Waals surface area contributed by atoms with Crippen molar-refractivity contribution in [3.05, 3.63) is 168 Å². The van der Waals surface area contributed by atoms with Crippen molar-refractivity contribution < 1.29 is 25.3 Å². The Labute approximate surface area is 352 Å². The van der Waals surface area contributed by atoms with Crippen molar-refractivity contribution >= 4 is 64.0 Å². The molecule has 18 heteroatoms. The summed E-state index contributed by atoms with van der Waals surface area (Å²) in [6, 6.07) is 29.6. The van der Waals surface area contributed by atoms with E-state index in [0.717, 1.165) is 35.8 Å². The highest BCUT2D eigenvalue weighted by molar-refractivity contribution is 7.98. The first kappa shape index (κ1) is 42.4. The van der Waals surface area contributed by atoms with Crippen LogP contribution in [-0.2, 0) is 29.9 Å². The smallest absolute Gasteiger partial charge is 0.269 e. The van der Waals surface area contributed by atoms with E-state index in [4.69, 9.17) is 11.5 Å². The van der Waals surface area contributed by atoms with Crippen molar-refractivity contribution in [1.82, 2.24) is 27.9 Å². The van der Waals surface area contributed by atoms with Crippen molar-refractivity contribution in [2.45, 2.75) is 45.5 Å². The normalized spacial score (nSPS) is 13.2. The zero-order valence-electron chi connectivity index (χ0n) is 32.8. The molecule has 8 aromatic rings. The highest BCUT2D eigenvalue weighted by atomic mass is 32.2. The number of aryl methyl sites for hydroxylation is 2. The molecule has 0 aliphatic heterocycles. The van der Waals surface area contributed by atoms with Gasteiger partial charge in [-0.1, -0.05) is 59.7 Å². The third kappa shape index (κ3) is 8.61. The number of aromatic nitrogens is 6. The van der Waals surface area contributed by atoms with Crippen molar-refractivity contribution in [2.24, 2.45) is 11.5 Å². The summed E-state index contributed by atoms with van der Waals surface area (Å²) >= 11 is 1.66. The van der Waals surface area contributed by atoms with Gasteiger partial charge in [-0.05, 0) is 91.9 Å². The maximum Gasteiger partial charge on any atom is 0.269 e. The van der Waals surface area contributed by atoms with Gasteiger partial charge < -0.3 is 11.5 Å². The minimum absolute atomic E-state index is 0.157. The van der Waals surface area contributed by atoms with Crippen LogP contribution in [0.25, 0.3) is 22.3 Å². The summed E-state index contributed by atoms with van der Waals surface area (Å²) in [7, 11) is -10.9. The van der Waals surface area contributed by atoms with Gasteiger partial charge in [0.05, 0.1) is 50.6 Å². The van der Waals surface area contributed by atoms with Gasteiger partial charge in [0, 0.05) is 23.5 Å². The molecule has 4 aromatic heterocycles. The molecule has 0 radical (unpaired) electrons. The number of nitrogens with two attached hydrogens (primary N) is 2. The monoisotopic (exact) mass is 880 g/mol. The largest absolute Gasteiger partial charge is 0.319 e. The molecular formula is C42H40N8O6S4. The SMILES string of the molecule is CSc1ccc(C(N)c2cnc3c(ccn3S(=O)(=O)c3ccc(C)cc3)n2)cc1.Cc1ccc(S(=O)(=O)n2ccc3nc(C(N)c4ccc(S(C)(=O)=O)cc4)cnc32)cc1. The van der Waals surface area contributed by atoms with Gasteiger partial charge in [-0.3, -0.25) is 0 Å². The second-order valence-electron chi connectivity index (χ2n) is 13.9. The lowest BCUT2D eigenvalue weighted by atomic mass is 10.1. The second-order valence-corrected chi connectivity index (χ2v) is 20.5. The molecule has 60 heavy (non-hydrogen) atoms. The Bertz CT molecular complexity index is 3170. The molecule has 0 aliphatic rings. The topological polar surface area (TPSA) is 216 Å². The quantitative estimate of drug-likeness (QED) is 0.147. The molecule has 0 spiro atoms. The van der Waals surface area contributed by atoms with Crippen LogP contribution in [0.3, 0.4) is 0 Å². The van der Waals surface area contributed by atoms with Crippen molar-refractivity contribution in [3.8, 4) is 0 Å². The molecule has 0 bridgehead atoms. The summed E-state index contributed by atoms with van der Waals surface area (Å²) in [5, 5.41) is 0. The molecule has 2 unspecified atom stereocenters. The minimum atomic E-state index is -3.82. The standard InChI is InChI=1S/C21H20N4O4S2.C21H20N4O2S2/c1-14-3-7-17(8-4-14)31(28,29)25-12-11-18-21(25)23-13-19(24-18)20(22)15-5-9-16(10-6-15)30(2,26)27;1-14-3-9-17(10-4-14)29(26,27)25-12-11-18-21(25)23-13-19(24-18)20(22)15-5-7-16(28-2)8-6-15/h3-13,20H,22H2,1-2H3;3-13,20H,22H2,1-2H3. The summed E-state index contributed by atoms with van der Waals surface area (Å²) in [5.74, 6) is 0. The van der Waals surface area contributed by atoms with Crippen molar-refractivity contribution in [2.75, 3.05) is 12.5 Å². The fourth-order valence-electron chi connectivity index (χ4n) is 6.21.